The monoisotopic (exact) mass is 596 g/mol. The Morgan fingerprint density at radius 3 is 2.46 bits per heavy atom. The van der Waals surface area contributed by atoms with Crippen LogP contribution in [0.3, 0.4) is 0 Å². The molecule has 2 aromatic carbocycles. The number of thioether (sulfide) groups is 1. The Morgan fingerprint density at radius 2 is 1.78 bits per heavy atom. The lowest BCUT2D eigenvalue weighted by atomic mass is 9.82. The summed E-state index contributed by atoms with van der Waals surface area (Å²) in [6.07, 6.45) is 0. The normalized spacial score (nSPS) is 21.9. The van der Waals surface area contributed by atoms with Crippen molar-refractivity contribution in [1.29, 1.82) is 0 Å². The van der Waals surface area contributed by atoms with Gasteiger partial charge >= 0.3 is 4.87 Å². The summed E-state index contributed by atoms with van der Waals surface area (Å²) in [6.45, 7) is 1.51. The van der Waals surface area contributed by atoms with Crippen molar-refractivity contribution >= 4 is 52.2 Å². The number of non-ortho nitro benzene ring substituents is 1. The van der Waals surface area contributed by atoms with Crippen LogP contribution in [0.15, 0.2) is 58.4 Å². The first-order valence-corrected chi connectivity index (χ1v) is 14.5. The van der Waals surface area contributed by atoms with Gasteiger partial charge in [0.05, 0.1) is 41.9 Å². The quantitative estimate of drug-likeness (QED) is 0.238. The van der Waals surface area contributed by atoms with Crippen LogP contribution in [0.2, 0.25) is 0 Å². The van der Waals surface area contributed by atoms with Crippen molar-refractivity contribution in [3.05, 3.63) is 78.8 Å². The molecule has 3 atom stereocenters. The van der Waals surface area contributed by atoms with E-state index >= 15 is 0 Å². The van der Waals surface area contributed by atoms with E-state index in [4.69, 9.17) is 9.47 Å². The first-order valence-electron chi connectivity index (χ1n) is 12.8. The molecular weight excluding hydrogens is 572 g/mol. The fraction of sp³-hybridized carbons (Fsp3) is 0.333. The van der Waals surface area contributed by atoms with Crippen LogP contribution >= 0.6 is 23.1 Å². The maximum absolute atomic E-state index is 14.0. The van der Waals surface area contributed by atoms with Crippen molar-refractivity contribution in [1.82, 2.24) is 9.47 Å². The van der Waals surface area contributed by atoms with Gasteiger partial charge in [-0.2, -0.15) is 0 Å². The van der Waals surface area contributed by atoms with E-state index in [9.17, 15) is 29.3 Å². The van der Waals surface area contributed by atoms with Gasteiger partial charge in [-0.25, -0.2) is 4.90 Å². The molecule has 12 nitrogen and oxygen atoms in total. The minimum atomic E-state index is -0.890. The Morgan fingerprint density at radius 1 is 1.07 bits per heavy atom. The van der Waals surface area contributed by atoms with E-state index in [0.717, 1.165) is 28.0 Å². The van der Waals surface area contributed by atoms with Crippen LogP contribution in [0.25, 0.3) is 0 Å². The first kappa shape index (κ1) is 27.2. The molecule has 1 aromatic heterocycles. The highest BCUT2D eigenvalue weighted by molar-refractivity contribution is 8.00. The Hall–Kier alpha value is -4.01. The van der Waals surface area contributed by atoms with Gasteiger partial charge in [-0.05, 0) is 18.2 Å². The van der Waals surface area contributed by atoms with Gasteiger partial charge in [0.15, 0.2) is 0 Å². The number of hydrogen-bond donors (Lipinski definition) is 0. The molecule has 0 N–H and O–H groups in total. The number of hydrogen-bond acceptors (Lipinski definition) is 10. The number of morpholine rings is 1. The van der Waals surface area contributed by atoms with Gasteiger partial charge in [0, 0.05) is 41.6 Å². The van der Waals surface area contributed by atoms with E-state index in [1.54, 1.807) is 29.2 Å². The highest BCUT2D eigenvalue weighted by Crippen LogP contribution is 2.55. The van der Waals surface area contributed by atoms with Gasteiger partial charge in [0.2, 0.25) is 17.7 Å². The predicted octanol–water partition coefficient (Wildman–Crippen LogP) is 2.48. The standard InChI is InChI=1S/C27H24N4O8S2/c1-38-18-5-3-2-4-17(18)20-21-22(25(34)30(24(21)33)15-6-8-16(9-7-15)31(36)37)40-26-23(20)41-27(35)29(26)14-19(32)28-10-12-39-13-11-28/h2-9,20-22H,10-14H2,1H3/t20-,21-,22+/m0/s1. The molecule has 14 heteroatoms. The van der Waals surface area contributed by atoms with Crippen LogP contribution in [-0.2, 0) is 25.7 Å². The largest absolute Gasteiger partial charge is 0.496 e. The average molecular weight is 597 g/mol. The minimum Gasteiger partial charge on any atom is -0.496 e. The number of benzene rings is 2. The molecule has 0 radical (unpaired) electrons. The number of para-hydroxylation sites is 1. The molecule has 2 fully saturated rings. The molecule has 0 aliphatic carbocycles. The summed E-state index contributed by atoms with van der Waals surface area (Å²) in [7, 11) is 1.51. The van der Waals surface area contributed by atoms with Crippen molar-refractivity contribution in [3.8, 4) is 5.75 Å². The van der Waals surface area contributed by atoms with E-state index < -0.39 is 33.8 Å². The van der Waals surface area contributed by atoms with Crippen molar-refractivity contribution in [2.45, 2.75) is 22.7 Å². The molecule has 6 rings (SSSR count). The van der Waals surface area contributed by atoms with Crippen LogP contribution in [-0.4, -0.2) is 70.8 Å². The Labute approximate surface area is 241 Å². The number of carbonyl (C=O) groups is 3. The molecule has 41 heavy (non-hydrogen) atoms. The molecule has 212 valence electrons. The smallest absolute Gasteiger partial charge is 0.308 e. The molecule has 0 saturated carbocycles. The number of fused-ring (bicyclic) bond motifs is 2. The molecule has 3 aliphatic heterocycles. The van der Waals surface area contributed by atoms with Gasteiger partial charge < -0.3 is 14.4 Å². The van der Waals surface area contributed by atoms with Crippen LogP contribution < -0.4 is 14.5 Å². The fourth-order valence-corrected chi connectivity index (χ4v) is 8.30. The number of amides is 3. The minimum absolute atomic E-state index is 0.164. The van der Waals surface area contributed by atoms with Crippen LogP contribution in [0, 0.1) is 16.0 Å². The molecule has 3 amide bonds. The summed E-state index contributed by atoms with van der Waals surface area (Å²) < 4.78 is 12.3. The molecular formula is C27H24N4O8S2. The summed E-state index contributed by atoms with van der Waals surface area (Å²) in [6, 6.07) is 12.4. The van der Waals surface area contributed by atoms with Gasteiger partial charge in [-0.3, -0.25) is 33.9 Å². The summed E-state index contributed by atoms with van der Waals surface area (Å²) in [5.41, 5.74) is 0.705. The lowest BCUT2D eigenvalue weighted by molar-refractivity contribution is -0.384. The highest BCUT2D eigenvalue weighted by atomic mass is 32.2. The fourth-order valence-electron chi connectivity index (χ4n) is 5.54. The number of nitro benzene ring substituents is 1. The number of imide groups is 1. The number of ether oxygens (including phenoxy) is 2. The SMILES string of the molecule is COc1ccccc1[C@@H]1c2sc(=O)n(CC(=O)N3CCOCC3)c2S[C@H]2C(=O)N(c3ccc([N+](=O)[O-])cc3)C(=O)[C@@H]12. The third-order valence-electron chi connectivity index (χ3n) is 7.50. The number of methoxy groups -OCH3 is 1. The second kappa shape index (κ2) is 10.8. The second-order valence-electron chi connectivity index (χ2n) is 9.69. The lowest BCUT2D eigenvalue weighted by Crippen LogP contribution is -2.43. The van der Waals surface area contributed by atoms with Gasteiger partial charge in [-0.15, -0.1) is 0 Å². The van der Waals surface area contributed by atoms with Gasteiger partial charge in [0.25, 0.3) is 5.69 Å². The van der Waals surface area contributed by atoms with Crippen LogP contribution in [0.1, 0.15) is 16.4 Å². The van der Waals surface area contributed by atoms with Crippen molar-refractivity contribution in [2.24, 2.45) is 5.92 Å². The van der Waals surface area contributed by atoms with Gasteiger partial charge in [0.1, 0.15) is 17.5 Å². The van der Waals surface area contributed by atoms with Crippen molar-refractivity contribution < 1.29 is 28.8 Å². The average Bonchev–Trinajstić information content (AvgIpc) is 3.43. The van der Waals surface area contributed by atoms with Gasteiger partial charge in [-0.1, -0.05) is 41.3 Å². The molecule has 4 heterocycles. The highest BCUT2D eigenvalue weighted by Gasteiger charge is 2.57. The number of anilines is 1. The summed E-state index contributed by atoms with van der Waals surface area (Å²) in [4.78, 5) is 67.8. The third-order valence-corrected chi connectivity index (χ3v) is 10.1. The summed E-state index contributed by atoms with van der Waals surface area (Å²) >= 11 is 2.07. The third kappa shape index (κ3) is 4.61. The number of rotatable bonds is 6. The van der Waals surface area contributed by atoms with E-state index in [0.29, 0.717) is 47.5 Å². The number of nitro groups is 1. The number of thiazole rings is 1. The molecule has 3 aliphatic rings. The zero-order valence-corrected chi connectivity index (χ0v) is 23.4. The molecule has 3 aromatic rings. The maximum Gasteiger partial charge on any atom is 0.308 e. The van der Waals surface area contributed by atoms with E-state index in [-0.39, 0.29) is 28.7 Å². The van der Waals surface area contributed by atoms with E-state index in [2.05, 4.69) is 0 Å². The van der Waals surface area contributed by atoms with Crippen LogP contribution in [0.5, 0.6) is 5.75 Å². The predicted molar refractivity (Wildman–Crippen MR) is 150 cm³/mol. The first-order chi connectivity index (χ1) is 19.8. The summed E-state index contributed by atoms with van der Waals surface area (Å²) in [5.74, 6) is -2.25. The Kier molecular flexibility index (Phi) is 7.13. The van der Waals surface area contributed by atoms with Crippen molar-refractivity contribution in [3.63, 3.8) is 0 Å². The number of carbonyl (C=O) groups excluding carboxylic acids is 3. The number of aromatic nitrogens is 1. The Bertz CT molecular complexity index is 1610. The zero-order valence-electron chi connectivity index (χ0n) is 21.8. The number of nitrogens with zero attached hydrogens (tertiary/aromatic N) is 4. The van der Waals surface area contributed by atoms with Crippen LogP contribution in [0.4, 0.5) is 11.4 Å². The Balaban J connectivity index is 1.44. The maximum atomic E-state index is 14.0. The second-order valence-corrected chi connectivity index (χ2v) is 11.8. The molecule has 0 bridgehead atoms. The zero-order chi connectivity index (χ0) is 28.8. The van der Waals surface area contributed by atoms with E-state index in [1.807, 2.05) is 0 Å². The van der Waals surface area contributed by atoms with E-state index in [1.165, 1.54) is 35.9 Å². The summed E-state index contributed by atoms with van der Waals surface area (Å²) in [5, 5.41) is 10.7. The molecule has 0 spiro atoms. The lowest BCUT2D eigenvalue weighted by Gasteiger charge is -2.32. The molecule has 0 unspecified atom stereocenters. The molecule has 2 saturated heterocycles. The van der Waals surface area contributed by atoms with Crippen molar-refractivity contribution in [2.75, 3.05) is 38.3 Å². The topological polar surface area (TPSA) is 141 Å².